The zero-order chi connectivity index (χ0) is 19.3. The Morgan fingerprint density at radius 3 is 2.07 bits per heavy atom. The van der Waals surface area contributed by atoms with Crippen molar-refractivity contribution in [2.45, 2.75) is 41.5 Å². The SMILES string of the molecule is Cc1cc(-c2c(C)c(C)c(C)c(C)c2-n2ncnn2)c2ccccc2c1C. The van der Waals surface area contributed by atoms with Gasteiger partial charge in [-0.2, -0.15) is 0 Å². The summed E-state index contributed by atoms with van der Waals surface area (Å²) in [6.07, 6.45) is 1.49. The lowest BCUT2D eigenvalue weighted by atomic mass is 9.85. The van der Waals surface area contributed by atoms with Crippen molar-refractivity contribution in [1.29, 1.82) is 0 Å². The van der Waals surface area contributed by atoms with E-state index in [0.717, 1.165) is 5.69 Å². The second-order valence-corrected chi connectivity index (χ2v) is 7.36. The third kappa shape index (κ3) is 2.55. The number of hydrogen-bond acceptors (Lipinski definition) is 3. The van der Waals surface area contributed by atoms with Gasteiger partial charge in [-0.25, -0.2) is 0 Å². The lowest BCUT2D eigenvalue weighted by molar-refractivity contribution is 0.715. The van der Waals surface area contributed by atoms with Crippen LogP contribution in [-0.4, -0.2) is 20.2 Å². The number of aryl methyl sites for hydroxylation is 2. The molecule has 1 aromatic heterocycles. The summed E-state index contributed by atoms with van der Waals surface area (Å²) in [6, 6.07) is 10.9. The summed E-state index contributed by atoms with van der Waals surface area (Å²) in [5, 5.41) is 15.1. The molecule has 0 atom stereocenters. The Hall–Kier alpha value is -3.01. The van der Waals surface area contributed by atoms with Crippen molar-refractivity contribution in [3.8, 4) is 16.8 Å². The van der Waals surface area contributed by atoms with E-state index in [1.54, 1.807) is 4.80 Å². The van der Waals surface area contributed by atoms with Crippen LogP contribution in [0, 0.1) is 41.5 Å². The molecule has 0 aliphatic rings. The lowest BCUT2D eigenvalue weighted by Gasteiger charge is -2.22. The predicted octanol–water partition coefficient (Wildman–Crippen LogP) is 5.33. The first-order chi connectivity index (χ1) is 12.9. The van der Waals surface area contributed by atoms with Gasteiger partial charge in [-0.3, -0.25) is 0 Å². The number of fused-ring (bicyclic) bond motifs is 1. The monoisotopic (exact) mass is 356 g/mol. The Kier molecular flexibility index (Phi) is 4.06. The molecule has 4 nitrogen and oxygen atoms in total. The van der Waals surface area contributed by atoms with Crippen LogP contribution in [0.5, 0.6) is 0 Å². The first-order valence-electron chi connectivity index (χ1n) is 9.24. The zero-order valence-corrected chi connectivity index (χ0v) is 16.8. The van der Waals surface area contributed by atoms with E-state index in [4.69, 9.17) is 0 Å². The van der Waals surface area contributed by atoms with E-state index >= 15 is 0 Å². The average Bonchev–Trinajstić information content (AvgIpc) is 3.20. The fourth-order valence-corrected chi connectivity index (χ4v) is 4.01. The lowest BCUT2D eigenvalue weighted by Crippen LogP contribution is -2.09. The van der Waals surface area contributed by atoms with Crippen LogP contribution >= 0.6 is 0 Å². The molecule has 4 rings (SSSR count). The molecule has 0 bridgehead atoms. The summed E-state index contributed by atoms with van der Waals surface area (Å²) in [4.78, 5) is 1.66. The van der Waals surface area contributed by atoms with Gasteiger partial charge >= 0.3 is 0 Å². The minimum Gasteiger partial charge on any atom is -0.135 e. The third-order valence-corrected chi connectivity index (χ3v) is 6.05. The molecule has 0 aliphatic heterocycles. The second kappa shape index (κ2) is 6.31. The van der Waals surface area contributed by atoms with Crippen molar-refractivity contribution in [2.75, 3.05) is 0 Å². The maximum Gasteiger partial charge on any atom is 0.162 e. The molecule has 0 fully saturated rings. The molecule has 0 saturated carbocycles. The number of aromatic nitrogens is 4. The fraction of sp³-hybridized carbons (Fsp3) is 0.261. The quantitative estimate of drug-likeness (QED) is 0.487. The molecule has 0 unspecified atom stereocenters. The van der Waals surface area contributed by atoms with Gasteiger partial charge in [0, 0.05) is 5.56 Å². The molecule has 4 aromatic rings. The highest BCUT2D eigenvalue weighted by Gasteiger charge is 2.21. The fourth-order valence-electron chi connectivity index (χ4n) is 4.01. The molecule has 0 N–H and O–H groups in total. The molecule has 1 heterocycles. The molecule has 0 aliphatic carbocycles. The van der Waals surface area contributed by atoms with Crippen LogP contribution in [0.25, 0.3) is 27.6 Å². The first-order valence-corrected chi connectivity index (χ1v) is 9.24. The number of tetrazole rings is 1. The predicted molar refractivity (Wildman–Crippen MR) is 111 cm³/mol. The number of benzene rings is 3. The van der Waals surface area contributed by atoms with Crippen molar-refractivity contribution < 1.29 is 0 Å². The molecule has 136 valence electrons. The number of nitrogens with zero attached hydrogens (tertiary/aromatic N) is 4. The van der Waals surface area contributed by atoms with Crippen LogP contribution in [0.3, 0.4) is 0 Å². The second-order valence-electron chi connectivity index (χ2n) is 7.36. The van der Waals surface area contributed by atoms with Crippen LogP contribution in [0.2, 0.25) is 0 Å². The van der Waals surface area contributed by atoms with E-state index in [-0.39, 0.29) is 0 Å². The van der Waals surface area contributed by atoms with Gasteiger partial charge in [-0.15, -0.1) is 15.0 Å². The van der Waals surface area contributed by atoms with Crippen LogP contribution in [0.4, 0.5) is 0 Å². The van der Waals surface area contributed by atoms with Gasteiger partial charge in [-0.1, -0.05) is 30.3 Å². The van der Waals surface area contributed by atoms with E-state index in [2.05, 4.69) is 87.3 Å². The molecule has 4 heteroatoms. The molecule has 0 amide bonds. The minimum absolute atomic E-state index is 1.02. The standard InChI is InChI=1S/C23H24N4/c1-13-11-21(20-10-8-7-9-19(20)14(13)2)22-17(5)15(3)16(4)18(6)23(22)27-25-12-24-26-27/h7-12H,1-6H3. The highest BCUT2D eigenvalue weighted by molar-refractivity contribution is 6.02. The Morgan fingerprint density at radius 1 is 0.741 bits per heavy atom. The van der Waals surface area contributed by atoms with Crippen LogP contribution in [0.1, 0.15) is 33.4 Å². The van der Waals surface area contributed by atoms with Gasteiger partial charge in [0.05, 0.1) is 5.69 Å². The molecular formula is C23H24N4. The van der Waals surface area contributed by atoms with Gasteiger partial charge in [0.2, 0.25) is 0 Å². The van der Waals surface area contributed by atoms with Gasteiger partial charge in [-0.05, 0) is 96.5 Å². The summed E-state index contributed by atoms with van der Waals surface area (Å²) in [6.45, 7) is 13.1. The average molecular weight is 356 g/mol. The minimum atomic E-state index is 1.02. The van der Waals surface area contributed by atoms with Gasteiger partial charge in [0.15, 0.2) is 6.33 Å². The summed E-state index contributed by atoms with van der Waals surface area (Å²) in [7, 11) is 0. The zero-order valence-electron chi connectivity index (χ0n) is 16.8. The smallest absolute Gasteiger partial charge is 0.135 e. The van der Waals surface area contributed by atoms with Crippen LogP contribution in [-0.2, 0) is 0 Å². The summed E-state index contributed by atoms with van der Waals surface area (Å²) in [5.74, 6) is 0. The normalized spacial score (nSPS) is 11.3. The van der Waals surface area contributed by atoms with Crippen LogP contribution < -0.4 is 0 Å². The van der Waals surface area contributed by atoms with E-state index in [1.165, 1.54) is 61.6 Å². The van der Waals surface area contributed by atoms with Crippen molar-refractivity contribution >= 4 is 10.8 Å². The summed E-state index contributed by atoms with van der Waals surface area (Å²) < 4.78 is 0. The number of rotatable bonds is 2. The van der Waals surface area contributed by atoms with Gasteiger partial charge < -0.3 is 0 Å². The van der Waals surface area contributed by atoms with Crippen molar-refractivity contribution in [3.05, 3.63) is 70.0 Å². The van der Waals surface area contributed by atoms with E-state index in [0.29, 0.717) is 0 Å². The highest BCUT2D eigenvalue weighted by Crippen LogP contribution is 2.41. The molecule has 0 radical (unpaired) electrons. The topological polar surface area (TPSA) is 43.6 Å². The highest BCUT2D eigenvalue weighted by atomic mass is 15.6. The summed E-state index contributed by atoms with van der Waals surface area (Å²) >= 11 is 0. The van der Waals surface area contributed by atoms with Crippen molar-refractivity contribution in [1.82, 2.24) is 20.2 Å². The molecule has 3 aromatic carbocycles. The molecule has 0 saturated heterocycles. The Bertz CT molecular complexity index is 1170. The Balaban J connectivity index is 2.22. The molecule has 0 spiro atoms. The van der Waals surface area contributed by atoms with Gasteiger partial charge in [0.25, 0.3) is 0 Å². The Morgan fingerprint density at radius 2 is 1.41 bits per heavy atom. The van der Waals surface area contributed by atoms with Crippen molar-refractivity contribution in [3.63, 3.8) is 0 Å². The van der Waals surface area contributed by atoms with Gasteiger partial charge in [0.1, 0.15) is 0 Å². The molecular weight excluding hydrogens is 332 g/mol. The Labute approximate surface area is 159 Å². The van der Waals surface area contributed by atoms with Crippen LogP contribution in [0.15, 0.2) is 36.7 Å². The maximum atomic E-state index is 4.36. The largest absolute Gasteiger partial charge is 0.162 e. The maximum absolute atomic E-state index is 4.36. The summed E-state index contributed by atoms with van der Waals surface area (Å²) in [5.41, 5.74) is 11.1. The van der Waals surface area contributed by atoms with Crippen molar-refractivity contribution in [2.24, 2.45) is 0 Å². The first kappa shape index (κ1) is 17.4. The van der Waals surface area contributed by atoms with E-state index in [9.17, 15) is 0 Å². The number of hydrogen-bond donors (Lipinski definition) is 0. The van der Waals surface area contributed by atoms with E-state index in [1.807, 2.05) is 0 Å². The third-order valence-electron chi connectivity index (χ3n) is 6.05. The van der Waals surface area contributed by atoms with E-state index < -0.39 is 0 Å². The molecule has 27 heavy (non-hydrogen) atoms.